The van der Waals surface area contributed by atoms with E-state index in [4.69, 9.17) is 5.11 Å². The van der Waals surface area contributed by atoms with E-state index in [-0.39, 0.29) is 0 Å². The molecule has 1 fully saturated rings. The smallest absolute Gasteiger partial charge is 0.311 e. The Hall–Kier alpha value is -1.25. The lowest BCUT2D eigenvalue weighted by molar-refractivity contribution is -0.143. The van der Waals surface area contributed by atoms with Gasteiger partial charge in [0, 0.05) is 18.9 Å². The van der Waals surface area contributed by atoms with Crippen LogP contribution in [0, 0.1) is 5.41 Å². The van der Waals surface area contributed by atoms with Gasteiger partial charge in [0.15, 0.2) is 0 Å². The highest BCUT2D eigenvalue weighted by Crippen LogP contribution is 2.47. The van der Waals surface area contributed by atoms with Crippen molar-refractivity contribution in [3.05, 3.63) is 24.5 Å². The molecule has 0 unspecified atom stereocenters. The van der Waals surface area contributed by atoms with Gasteiger partial charge in [-0.1, -0.05) is 0 Å². The summed E-state index contributed by atoms with van der Waals surface area (Å²) < 4.78 is 1.93. The van der Waals surface area contributed by atoms with E-state index in [2.05, 4.69) is 0 Å². The molecule has 12 heavy (non-hydrogen) atoms. The number of nitrogens with zero attached hydrogens (tertiary/aromatic N) is 1. The van der Waals surface area contributed by atoms with Gasteiger partial charge in [0.05, 0.1) is 5.41 Å². The molecule has 1 aliphatic rings. The van der Waals surface area contributed by atoms with E-state index in [9.17, 15) is 4.79 Å². The van der Waals surface area contributed by atoms with Gasteiger partial charge >= 0.3 is 5.97 Å². The normalized spacial score (nSPS) is 19.0. The molecule has 1 heterocycles. The van der Waals surface area contributed by atoms with Crippen molar-refractivity contribution in [2.45, 2.75) is 19.4 Å². The summed E-state index contributed by atoms with van der Waals surface area (Å²) in [7, 11) is 0. The predicted molar refractivity (Wildman–Crippen MR) is 43.7 cm³/mol. The molecule has 0 bridgehead atoms. The van der Waals surface area contributed by atoms with Crippen molar-refractivity contribution in [3.8, 4) is 0 Å². The molecule has 3 heteroatoms. The quantitative estimate of drug-likeness (QED) is 0.734. The number of carboxylic acid groups (broad SMARTS) is 1. The molecule has 1 N–H and O–H groups in total. The Kier molecular flexibility index (Phi) is 1.46. The van der Waals surface area contributed by atoms with Crippen LogP contribution in [0.15, 0.2) is 24.5 Å². The largest absolute Gasteiger partial charge is 0.481 e. The Labute approximate surface area is 70.6 Å². The van der Waals surface area contributed by atoms with Crippen LogP contribution >= 0.6 is 0 Å². The van der Waals surface area contributed by atoms with Crippen molar-refractivity contribution in [3.63, 3.8) is 0 Å². The zero-order valence-electron chi connectivity index (χ0n) is 6.73. The van der Waals surface area contributed by atoms with Crippen LogP contribution in [0.2, 0.25) is 0 Å². The molecule has 1 saturated carbocycles. The minimum absolute atomic E-state index is 0.445. The second kappa shape index (κ2) is 2.37. The summed E-state index contributed by atoms with van der Waals surface area (Å²) in [5.41, 5.74) is -0.445. The molecule has 0 aliphatic heterocycles. The van der Waals surface area contributed by atoms with Crippen LogP contribution in [0.5, 0.6) is 0 Å². The molecular formula is C9H11NO2. The second-order valence-electron chi connectivity index (χ2n) is 3.44. The van der Waals surface area contributed by atoms with Crippen molar-refractivity contribution in [2.24, 2.45) is 5.41 Å². The van der Waals surface area contributed by atoms with E-state index in [0.717, 1.165) is 12.8 Å². The van der Waals surface area contributed by atoms with Crippen LogP contribution in [0.1, 0.15) is 12.8 Å². The fourth-order valence-electron chi connectivity index (χ4n) is 1.42. The van der Waals surface area contributed by atoms with Crippen LogP contribution in [0.4, 0.5) is 0 Å². The molecule has 0 aromatic carbocycles. The van der Waals surface area contributed by atoms with Crippen LogP contribution in [-0.4, -0.2) is 15.6 Å². The number of aliphatic carboxylic acids is 1. The summed E-state index contributed by atoms with van der Waals surface area (Å²) in [6, 6.07) is 3.83. The Balaban J connectivity index is 2.09. The van der Waals surface area contributed by atoms with Crippen molar-refractivity contribution >= 4 is 5.97 Å². The summed E-state index contributed by atoms with van der Waals surface area (Å²) in [5.74, 6) is -0.656. The summed E-state index contributed by atoms with van der Waals surface area (Å²) in [5, 5.41) is 8.89. The first-order valence-corrected chi connectivity index (χ1v) is 4.07. The number of carbonyl (C=O) groups is 1. The maximum absolute atomic E-state index is 10.8. The van der Waals surface area contributed by atoms with E-state index in [1.807, 2.05) is 29.1 Å². The van der Waals surface area contributed by atoms with Gasteiger partial charge in [-0.2, -0.15) is 0 Å². The van der Waals surface area contributed by atoms with Gasteiger partial charge in [-0.05, 0) is 25.0 Å². The number of carboxylic acids is 1. The highest BCUT2D eigenvalue weighted by Gasteiger charge is 2.50. The lowest BCUT2D eigenvalue weighted by Gasteiger charge is -2.09. The van der Waals surface area contributed by atoms with Crippen LogP contribution in [-0.2, 0) is 11.3 Å². The van der Waals surface area contributed by atoms with Crippen molar-refractivity contribution in [1.29, 1.82) is 0 Å². The summed E-state index contributed by atoms with van der Waals surface area (Å²) in [6.07, 6.45) is 5.45. The van der Waals surface area contributed by atoms with E-state index >= 15 is 0 Å². The number of hydrogen-bond acceptors (Lipinski definition) is 1. The Morgan fingerprint density at radius 2 is 2.00 bits per heavy atom. The Morgan fingerprint density at radius 1 is 1.42 bits per heavy atom. The van der Waals surface area contributed by atoms with Gasteiger partial charge in [-0.15, -0.1) is 0 Å². The average Bonchev–Trinajstić information content (AvgIpc) is 2.60. The van der Waals surface area contributed by atoms with Gasteiger partial charge in [-0.3, -0.25) is 4.79 Å². The standard InChI is InChI=1S/C9H11NO2/c11-8(12)9(3-4-9)7-10-5-1-2-6-10/h1-2,5-6H,3-4,7H2,(H,11,12). The molecule has 0 radical (unpaired) electrons. The summed E-state index contributed by atoms with van der Waals surface area (Å²) in [4.78, 5) is 10.8. The minimum atomic E-state index is -0.656. The first kappa shape index (κ1) is 7.40. The third-order valence-electron chi connectivity index (χ3n) is 2.46. The molecular weight excluding hydrogens is 154 g/mol. The molecule has 0 amide bonds. The van der Waals surface area contributed by atoms with Gasteiger partial charge < -0.3 is 9.67 Å². The average molecular weight is 165 g/mol. The number of rotatable bonds is 3. The van der Waals surface area contributed by atoms with Gasteiger partial charge in [0.25, 0.3) is 0 Å². The number of aromatic nitrogens is 1. The maximum Gasteiger partial charge on any atom is 0.311 e. The maximum atomic E-state index is 10.8. The van der Waals surface area contributed by atoms with Crippen molar-refractivity contribution < 1.29 is 9.90 Å². The third kappa shape index (κ3) is 1.11. The Bertz CT molecular complexity index is 285. The second-order valence-corrected chi connectivity index (χ2v) is 3.44. The lowest BCUT2D eigenvalue weighted by Crippen LogP contribution is -2.20. The molecule has 3 nitrogen and oxygen atoms in total. The highest BCUT2D eigenvalue weighted by molar-refractivity contribution is 5.77. The zero-order chi connectivity index (χ0) is 8.60. The monoisotopic (exact) mass is 165 g/mol. The van der Waals surface area contributed by atoms with E-state index in [1.54, 1.807) is 0 Å². The topological polar surface area (TPSA) is 42.2 Å². The van der Waals surface area contributed by atoms with Gasteiger partial charge in [-0.25, -0.2) is 0 Å². The zero-order valence-corrected chi connectivity index (χ0v) is 6.73. The fraction of sp³-hybridized carbons (Fsp3) is 0.444. The number of hydrogen-bond donors (Lipinski definition) is 1. The van der Waals surface area contributed by atoms with E-state index < -0.39 is 11.4 Å². The molecule has 1 aromatic rings. The molecule has 64 valence electrons. The van der Waals surface area contributed by atoms with Crippen molar-refractivity contribution in [1.82, 2.24) is 4.57 Å². The fourth-order valence-corrected chi connectivity index (χ4v) is 1.42. The molecule has 0 atom stereocenters. The van der Waals surface area contributed by atoms with Crippen LogP contribution in [0.25, 0.3) is 0 Å². The molecule has 2 rings (SSSR count). The SMILES string of the molecule is O=C(O)C1(Cn2cccc2)CC1. The van der Waals surface area contributed by atoms with E-state index in [0.29, 0.717) is 6.54 Å². The molecule has 1 aromatic heterocycles. The highest BCUT2D eigenvalue weighted by atomic mass is 16.4. The lowest BCUT2D eigenvalue weighted by atomic mass is 10.1. The van der Waals surface area contributed by atoms with Crippen molar-refractivity contribution in [2.75, 3.05) is 0 Å². The first-order valence-electron chi connectivity index (χ1n) is 4.07. The first-order chi connectivity index (χ1) is 5.73. The van der Waals surface area contributed by atoms with Crippen LogP contribution < -0.4 is 0 Å². The predicted octanol–water partition coefficient (Wildman–Crippen LogP) is 1.35. The van der Waals surface area contributed by atoms with Gasteiger partial charge in [0.1, 0.15) is 0 Å². The van der Waals surface area contributed by atoms with Gasteiger partial charge in [0.2, 0.25) is 0 Å². The Morgan fingerprint density at radius 3 is 2.42 bits per heavy atom. The molecule has 1 aliphatic carbocycles. The summed E-state index contributed by atoms with van der Waals surface area (Å²) in [6.45, 7) is 0.620. The minimum Gasteiger partial charge on any atom is -0.481 e. The molecule has 0 spiro atoms. The molecule has 0 saturated heterocycles. The third-order valence-corrected chi connectivity index (χ3v) is 2.46. The van der Waals surface area contributed by atoms with Crippen LogP contribution in [0.3, 0.4) is 0 Å². The summed E-state index contributed by atoms with van der Waals surface area (Å²) >= 11 is 0. The van der Waals surface area contributed by atoms with E-state index in [1.165, 1.54) is 0 Å².